The quantitative estimate of drug-likeness (QED) is 0.855. The summed E-state index contributed by atoms with van der Waals surface area (Å²) in [6.45, 7) is 2.10. The lowest BCUT2D eigenvalue weighted by molar-refractivity contribution is 0.0697. The molecular weight excluding hydrogens is 245 g/mol. The molecule has 1 aromatic carbocycles. The maximum Gasteiger partial charge on any atom is 0.336 e. The molecule has 3 nitrogen and oxygen atoms in total. The topological polar surface area (TPSA) is 50.2 Å². The van der Waals surface area contributed by atoms with Gasteiger partial charge in [0.05, 0.1) is 5.56 Å². The van der Waals surface area contributed by atoms with E-state index >= 15 is 0 Å². The number of fused-ring (bicyclic) bond motifs is 2. The second-order valence-electron chi connectivity index (χ2n) is 5.20. The minimum absolute atomic E-state index is 0.174. The monoisotopic (exact) mass is 259 g/mol. The number of benzene rings is 1. The molecule has 0 fully saturated rings. The van der Waals surface area contributed by atoms with Crippen LogP contribution in [-0.4, -0.2) is 16.1 Å². The molecule has 2 aromatic rings. The molecule has 98 valence electrons. The number of para-hydroxylation sites is 1. The van der Waals surface area contributed by atoms with Gasteiger partial charge in [-0.2, -0.15) is 0 Å². The van der Waals surface area contributed by atoms with Gasteiger partial charge in [0.1, 0.15) is 11.3 Å². The number of halogens is 1. The van der Waals surface area contributed by atoms with Crippen molar-refractivity contribution in [3.8, 4) is 0 Å². The van der Waals surface area contributed by atoms with Crippen molar-refractivity contribution in [2.24, 2.45) is 5.92 Å². The maximum atomic E-state index is 13.8. The van der Waals surface area contributed by atoms with Gasteiger partial charge < -0.3 is 5.11 Å². The van der Waals surface area contributed by atoms with Crippen LogP contribution in [0.3, 0.4) is 0 Å². The Morgan fingerprint density at radius 3 is 3.00 bits per heavy atom. The highest BCUT2D eigenvalue weighted by molar-refractivity contribution is 6.04. The van der Waals surface area contributed by atoms with Gasteiger partial charge in [-0.3, -0.25) is 0 Å². The van der Waals surface area contributed by atoms with E-state index in [1.54, 1.807) is 6.07 Å². The molecule has 1 unspecified atom stereocenters. The molecule has 1 aliphatic rings. The van der Waals surface area contributed by atoms with E-state index in [0.29, 0.717) is 17.7 Å². The van der Waals surface area contributed by atoms with Crippen molar-refractivity contribution in [2.45, 2.75) is 26.2 Å². The number of aryl methyl sites for hydroxylation is 1. The van der Waals surface area contributed by atoms with Gasteiger partial charge in [-0.15, -0.1) is 0 Å². The van der Waals surface area contributed by atoms with E-state index in [2.05, 4.69) is 11.9 Å². The molecule has 0 spiro atoms. The van der Waals surface area contributed by atoms with E-state index in [-0.39, 0.29) is 11.1 Å². The third-order valence-corrected chi connectivity index (χ3v) is 3.79. The van der Waals surface area contributed by atoms with Crippen LogP contribution in [0, 0.1) is 11.7 Å². The van der Waals surface area contributed by atoms with Gasteiger partial charge in [-0.25, -0.2) is 14.2 Å². The second kappa shape index (κ2) is 4.30. The number of aromatic nitrogens is 1. The molecular formula is C15H14FNO2. The van der Waals surface area contributed by atoms with Crippen LogP contribution in [0.2, 0.25) is 0 Å². The molecule has 1 aliphatic carbocycles. The molecule has 1 aromatic heterocycles. The van der Waals surface area contributed by atoms with Gasteiger partial charge in [0, 0.05) is 11.1 Å². The first-order valence-corrected chi connectivity index (χ1v) is 6.41. The fraction of sp³-hybridized carbons (Fsp3) is 0.333. The Kier molecular flexibility index (Phi) is 2.73. The summed E-state index contributed by atoms with van der Waals surface area (Å²) < 4.78 is 13.8. The zero-order valence-electron chi connectivity index (χ0n) is 10.6. The van der Waals surface area contributed by atoms with Crippen molar-refractivity contribution in [1.82, 2.24) is 4.98 Å². The Hall–Kier alpha value is -1.97. The van der Waals surface area contributed by atoms with Crippen LogP contribution in [0.4, 0.5) is 4.39 Å². The highest BCUT2D eigenvalue weighted by Crippen LogP contribution is 2.32. The van der Waals surface area contributed by atoms with Crippen LogP contribution in [0.15, 0.2) is 18.2 Å². The maximum absolute atomic E-state index is 13.8. The Morgan fingerprint density at radius 2 is 2.26 bits per heavy atom. The number of carboxylic acids is 1. The Labute approximate surface area is 110 Å². The van der Waals surface area contributed by atoms with Crippen molar-refractivity contribution in [3.63, 3.8) is 0 Å². The number of aromatic carboxylic acids is 1. The van der Waals surface area contributed by atoms with Crippen LogP contribution in [-0.2, 0) is 12.8 Å². The zero-order valence-corrected chi connectivity index (χ0v) is 10.6. The summed E-state index contributed by atoms with van der Waals surface area (Å²) in [7, 11) is 0. The standard InChI is InChI=1S/C15H14FNO2/c1-8-5-6-12-10(7-8)13(15(18)19)9-3-2-4-11(16)14(9)17-12/h2-4,8H,5-7H2,1H3,(H,18,19). The van der Waals surface area contributed by atoms with Gasteiger partial charge in [-0.05, 0) is 36.8 Å². The smallest absolute Gasteiger partial charge is 0.336 e. The average molecular weight is 259 g/mol. The fourth-order valence-electron chi connectivity index (χ4n) is 2.84. The summed E-state index contributed by atoms with van der Waals surface area (Å²) in [4.78, 5) is 15.9. The van der Waals surface area contributed by atoms with E-state index in [0.717, 1.165) is 24.1 Å². The molecule has 0 radical (unpaired) electrons. The highest BCUT2D eigenvalue weighted by Gasteiger charge is 2.25. The Balaban J connectivity index is 2.40. The molecule has 3 rings (SSSR count). The Bertz CT molecular complexity index is 681. The average Bonchev–Trinajstić information content (AvgIpc) is 2.36. The van der Waals surface area contributed by atoms with E-state index in [4.69, 9.17) is 0 Å². The molecule has 1 N–H and O–H groups in total. The van der Waals surface area contributed by atoms with E-state index in [9.17, 15) is 14.3 Å². The molecule has 4 heteroatoms. The SMILES string of the molecule is CC1CCc2nc3c(F)cccc3c(C(=O)O)c2C1. The highest BCUT2D eigenvalue weighted by atomic mass is 19.1. The number of hydrogen-bond acceptors (Lipinski definition) is 2. The van der Waals surface area contributed by atoms with Gasteiger partial charge >= 0.3 is 5.97 Å². The molecule has 0 bridgehead atoms. The molecule has 0 saturated carbocycles. The van der Waals surface area contributed by atoms with Crippen LogP contribution in [0.25, 0.3) is 10.9 Å². The predicted molar refractivity (Wildman–Crippen MR) is 69.8 cm³/mol. The number of hydrogen-bond donors (Lipinski definition) is 1. The van der Waals surface area contributed by atoms with Crippen molar-refractivity contribution < 1.29 is 14.3 Å². The van der Waals surface area contributed by atoms with E-state index < -0.39 is 11.8 Å². The molecule has 0 aliphatic heterocycles. The minimum atomic E-state index is -0.997. The number of nitrogens with zero attached hydrogens (tertiary/aromatic N) is 1. The van der Waals surface area contributed by atoms with Crippen LogP contribution < -0.4 is 0 Å². The number of carbonyl (C=O) groups is 1. The van der Waals surface area contributed by atoms with Crippen LogP contribution in [0.5, 0.6) is 0 Å². The first kappa shape index (κ1) is 12.1. The normalized spacial score (nSPS) is 18.3. The summed E-state index contributed by atoms with van der Waals surface area (Å²) in [6, 6.07) is 4.48. The van der Waals surface area contributed by atoms with Crippen molar-refractivity contribution >= 4 is 16.9 Å². The van der Waals surface area contributed by atoms with E-state index in [1.807, 2.05) is 0 Å². The lowest BCUT2D eigenvalue weighted by Crippen LogP contribution is -2.18. The summed E-state index contributed by atoms with van der Waals surface area (Å²) >= 11 is 0. The second-order valence-corrected chi connectivity index (χ2v) is 5.20. The van der Waals surface area contributed by atoms with Crippen molar-refractivity contribution in [1.29, 1.82) is 0 Å². The number of rotatable bonds is 1. The van der Waals surface area contributed by atoms with Crippen LogP contribution >= 0.6 is 0 Å². The lowest BCUT2D eigenvalue weighted by atomic mass is 9.84. The van der Waals surface area contributed by atoms with Gasteiger partial charge in [0.25, 0.3) is 0 Å². The Morgan fingerprint density at radius 1 is 1.47 bits per heavy atom. The first-order chi connectivity index (χ1) is 9.08. The third-order valence-electron chi connectivity index (χ3n) is 3.79. The zero-order chi connectivity index (χ0) is 13.6. The molecule has 1 atom stereocenters. The summed E-state index contributed by atoms with van der Waals surface area (Å²) in [5.41, 5.74) is 1.93. The van der Waals surface area contributed by atoms with Gasteiger partial charge in [-0.1, -0.05) is 19.1 Å². The summed E-state index contributed by atoms with van der Waals surface area (Å²) in [5, 5.41) is 9.87. The fourth-order valence-corrected chi connectivity index (χ4v) is 2.84. The van der Waals surface area contributed by atoms with Gasteiger partial charge in [0.15, 0.2) is 0 Å². The molecule has 0 saturated heterocycles. The number of pyridine rings is 1. The predicted octanol–water partition coefficient (Wildman–Crippen LogP) is 3.20. The van der Waals surface area contributed by atoms with Crippen LogP contribution in [0.1, 0.15) is 35.0 Å². The van der Waals surface area contributed by atoms with Crippen molar-refractivity contribution in [2.75, 3.05) is 0 Å². The number of carboxylic acid groups (broad SMARTS) is 1. The largest absolute Gasteiger partial charge is 0.478 e. The molecule has 19 heavy (non-hydrogen) atoms. The third kappa shape index (κ3) is 1.87. The summed E-state index contributed by atoms with van der Waals surface area (Å²) in [6.07, 6.45) is 2.40. The van der Waals surface area contributed by atoms with Crippen molar-refractivity contribution in [3.05, 3.63) is 40.8 Å². The van der Waals surface area contributed by atoms with Gasteiger partial charge in [0.2, 0.25) is 0 Å². The first-order valence-electron chi connectivity index (χ1n) is 6.41. The minimum Gasteiger partial charge on any atom is -0.478 e. The lowest BCUT2D eigenvalue weighted by Gasteiger charge is -2.23. The summed E-state index contributed by atoms with van der Waals surface area (Å²) in [5.74, 6) is -1.01. The molecule has 1 heterocycles. The van der Waals surface area contributed by atoms with E-state index in [1.165, 1.54) is 12.1 Å². The molecule has 0 amide bonds.